The highest BCUT2D eigenvalue weighted by Gasteiger charge is 2.10. The van der Waals surface area contributed by atoms with Crippen molar-refractivity contribution in [1.82, 2.24) is 9.78 Å². The molecule has 0 unspecified atom stereocenters. The van der Waals surface area contributed by atoms with Crippen LogP contribution in [0.25, 0.3) is 0 Å². The Kier molecular flexibility index (Phi) is 3.11. The summed E-state index contributed by atoms with van der Waals surface area (Å²) in [6.07, 6.45) is 0. The molecule has 90 valence electrons. The largest absolute Gasteiger partial charge is 0.394 e. The van der Waals surface area contributed by atoms with Crippen LogP contribution in [0.3, 0.4) is 0 Å². The fourth-order valence-electron chi connectivity index (χ4n) is 1.68. The smallest absolute Gasteiger partial charge is 0.152 e. The van der Waals surface area contributed by atoms with Crippen LogP contribution in [0, 0.1) is 13.8 Å². The summed E-state index contributed by atoms with van der Waals surface area (Å²) in [4.78, 5) is 0. The molecule has 0 amide bonds. The number of rotatable bonds is 2. The maximum absolute atomic E-state index is 5.96. The molecule has 0 saturated heterocycles. The number of nitrogen functional groups attached to an aromatic ring is 1. The van der Waals surface area contributed by atoms with E-state index in [4.69, 9.17) is 5.73 Å². The fraction of sp³-hybridized carbons (Fsp3) is 0.250. The van der Waals surface area contributed by atoms with E-state index in [1.807, 2.05) is 33.0 Å². The van der Waals surface area contributed by atoms with E-state index in [9.17, 15) is 0 Å². The Labute approximate surface area is 109 Å². The maximum atomic E-state index is 5.96. The van der Waals surface area contributed by atoms with E-state index in [0.717, 1.165) is 21.7 Å². The molecule has 0 saturated carbocycles. The van der Waals surface area contributed by atoms with Gasteiger partial charge in [0.2, 0.25) is 0 Å². The molecule has 2 aromatic rings. The molecule has 0 atom stereocenters. The molecular formula is C12H15BrN4. The monoisotopic (exact) mass is 294 g/mol. The van der Waals surface area contributed by atoms with E-state index in [0.29, 0.717) is 5.69 Å². The zero-order valence-corrected chi connectivity index (χ0v) is 11.7. The molecule has 2 rings (SSSR count). The Hall–Kier alpha value is -1.49. The molecule has 0 bridgehead atoms. The van der Waals surface area contributed by atoms with Gasteiger partial charge in [-0.05, 0) is 37.6 Å². The van der Waals surface area contributed by atoms with Crippen LogP contribution in [0.5, 0.6) is 0 Å². The first kappa shape index (κ1) is 12.0. The van der Waals surface area contributed by atoms with Gasteiger partial charge in [0.25, 0.3) is 0 Å². The minimum absolute atomic E-state index is 0.688. The Bertz CT molecular complexity index is 560. The molecule has 5 heteroatoms. The van der Waals surface area contributed by atoms with Crippen LogP contribution in [0.1, 0.15) is 11.3 Å². The van der Waals surface area contributed by atoms with Gasteiger partial charge in [0.05, 0.1) is 11.4 Å². The van der Waals surface area contributed by atoms with E-state index in [-0.39, 0.29) is 0 Å². The summed E-state index contributed by atoms with van der Waals surface area (Å²) in [6, 6.07) is 6.07. The molecule has 0 aliphatic rings. The quantitative estimate of drug-likeness (QED) is 0.895. The van der Waals surface area contributed by atoms with E-state index in [1.54, 1.807) is 4.68 Å². The van der Waals surface area contributed by atoms with Crippen LogP contribution >= 0.6 is 15.9 Å². The van der Waals surface area contributed by atoms with Gasteiger partial charge in [0.1, 0.15) is 0 Å². The molecule has 0 aliphatic heterocycles. The highest BCUT2D eigenvalue weighted by Crippen LogP contribution is 2.27. The molecule has 0 aliphatic carbocycles. The van der Waals surface area contributed by atoms with Gasteiger partial charge in [-0.15, -0.1) is 0 Å². The third-order valence-corrected chi connectivity index (χ3v) is 3.58. The summed E-state index contributed by atoms with van der Waals surface area (Å²) in [7, 11) is 1.87. The third-order valence-electron chi connectivity index (χ3n) is 2.69. The van der Waals surface area contributed by atoms with Gasteiger partial charge >= 0.3 is 0 Å². The highest BCUT2D eigenvalue weighted by molar-refractivity contribution is 9.10. The Morgan fingerprint density at radius 1 is 1.35 bits per heavy atom. The van der Waals surface area contributed by atoms with Crippen molar-refractivity contribution in [2.24, 2.45) is 7.05 Å². The van der Waals surface area contributed by atoms with Crippen LogP contribution < -0.4 is 11.1 Å². The zero-order valence-electron chi connectivity index (χ0n) is 10.1. The lowest BCUT2D eigenvalue weighted by Crippen LogP contribution is -2.01. The zero-order chi connectivity index (χ0) is 12.6. The van der Waals surface area contributed by atoms with Crippen molar-refractivity contribution in [1.29, 1.82) is 0 Å². The Morgan fingerprint density at radius 2 is 2.06 bits per heavy atom. The van der Waals surface area contributed by atoms with E-state index in [1.165, 1.54) is 5.56 Å². The topological polar surface area (TPSA) is 55.9 Å². The number of hydrogen-bond acceptors (Lipinski definition) is 3. The van der Waals surface area contributed by atoms with Gasteiger partial charge in [0.15, 0.2) is 5.82 Å². The van der Waals surface area contributed by atoms with E-state index < -0.39 is 0 Å². The number of hydrogen-bond donors (Lipinski definition) is 2. The third kappa shape index (κ3) is 2.29. The van der Waals surface area contributed by atoms with Gasteiger partial charge in [0, 0.05) is 17.2 Å². The molecule has 1 heterocycles. The first-order chi connectivity index (χ1) is 7.99. The minimum atomic E-state index is 0.688. The van der Waals surface area contributed by atoms with Gasteiger partial charge < -0.3 is 11.1 Å². The lowest BCUT2D eigenvalue weighted by Gasteiger charge is -2.09. The van der Waals surface area contributed by atoms with Crippen LogP contribution in [0.15, 0.2) is 22.7 Å². The summed E-state index contributed by atoms with van der Waals surface area (Å²) in [5.74, 6) is 0.823. The van der Waals surface area contributed by atoms with Crippen molar-refractivity contribution in [2.45, 2.75) is 13.8 Å². The predicted molar refractivity (Wildman–Crippen MR) is 74.5 cm³/mol. The van der Waals surface area contributed by atoms with E-state index >= 15 is 0 Å². The number of halogens is 1. The predicted octanol–water partition coefficient (Wildman–Crippen LogP) is 3.13. The molecular weight excluding hydrogens is 280 g/mol. The van der Waals surface area contributed by atoms with E-state index in [2.05, 4.69) is 32.4 Å². The average Bonchev–Trinajstić information content (AvgIpc) is 2.50. The second-order valence-corrected chi connectivity index (χ2v) is 4.91. The Balaban J connectivity index is 2.34. The van der Waals surface area contributed by atoms with Crippen molar-refractivity contribution in [3.63, 3.8) is 0 Å². The standard InChI is InChI=1S/C12H15BrN4/c1-7-6-9(4-5-10(7)13)15-12-11(14)8(2)16-17(12)3/h4-6,15H,14H2,1-3H3. The maximum Gasteiger partial charge on any atom is 0.152 e. The number of nitrogens with one attached hydrogen (secondary N) is 1. The average molecular weight is 295 g/mol. The number of aryl methyl sites for hydroxylation is 3. The second-order valence-electron chi connectivity index (χ2n) is 4.06. The van der Waals surface area contributed by atoms with Crippen molar-refractivity contribution >= 4 is 33.1 Å². The first-order valence-electron chi connectivity index (χ1n) is 5.31. The van der Waals surface area contributed by atoms with Gasteiger partial charge in [-0.3, -0.25) is 4.68 Å². The van der Waals surface area contributed by atoms with Crippen LogP contribution in [-0.4, -0.2) is 9.78 Å². The molecule has 17 heavy (non-hydrogen) atoms. The lowest BCUT2D eigenvalue weighted by molar-refractivity contribution is 0.765. The molecule has 1 aromatic heterocycles. The normalized spacial score (nSPS) is 10.6. The summed E-state index contributed by atoms with van der Waals surface area (Å²) in [6.45, 7) is 3.94. The Morgan fingerprint density at radius 3 is 2.59 bits per heavy atom. The number of nitrogens with zero attached hydrogens (tertiary/aromatic N) is 2. The van der Waals surface area contributed by atoms with Gasteiger partial charge in [-0.1, -0.05) is 15.9 Å². The van der Waals surface area contributed by atoms with Crippen LogP contribution in [0.2, 0.25) is 0 Å². The summed E-state index contributed by atoms with van der Waals surface area (Å²) in [5, 5.41) is 7.55. The SMILES string of the molecule is Cc1cc(Nc2c(N)c(C)nn2C)ccc1Br. The van der Waals surface area contributed by atoms with Crippen molar-refractivity contribution in [3.8, 4) is 0 Å². The summed E-state index contributed by atoms with van der Waals surface area (Å²) >= 11 is 3.48. The first-order valence-corrected chi connectivity index (χ1v) is 6.10. The van der Waals surface area contributed by atoms with Crippen LogP contribution in [0.4, 0.5) is 17.2 Å². The molecule has 0 radical (unpaired) electrons. The summed E-state index contributed by atoms with van der Waals surface area (Å²) in [5.41, 5.74) is 9.66. The minimum Gasteiger partial charge on any atom is -0.394 e. The number of nitrogens with two attached hydrogens (primary N) is 1. The van der Waals surface area contributed by atoms with Crippen LogP contribution in [-0.2, 0) is 7.05 Å². The molecule has 4 nitrogen and oxygen atoms in total. The fourth-order valence-corrected chi connectivity index (χ4v) is 1.93. The van der Waals surface area contributed by atoms with Gasteiger partial charge in [-0.25, -0.2) is 0 Å². The van der Waals surface area contributed by atoms with Crippen molar-refractivity contribution < 1.29 is 0 Å². The summed E-state index contributed by atoms with van der Waals surface area (Å²) < 4.78 is 2.85. The highest BCUT2D eigenvalue weighted by atomic mass is 79.9. The van der Waals surface area contributed by atoms with Crippen molar-refractivity contribution in [3.05, 3.63) is 33.9 Å². The molecule has 0 fully saturated rings. The number of anilines is 3. The molecule has 3 N–H and O–H groups in total. The molecule has 0 spiro atoms. The number of aromatic nitrogens is 2. The molecule has 1 aromatic carbocycles. The van der Waals surface area contributed by atoms with Crippen molar-refractivity contribution in [2.75, 3.05) is 11.1 Å². The van der Waals surface area contributed by atoms with Gasteiger partial charge in [-0.2, -0.15) is 5.10 Å². The number of benzene rings is 1. The lowest BCUT2D eigenvalue weighted by atomic mass is 10.2. The second kappa shape index (κ2) is 4.41.